The maximum atomic E-state index is 12.3. The topological polar surface area (TPSA) is 122 Å². The second kappa shape index (κ2) is 7.32. The Morgan fingerprint density at radius 3 is 2.64 bits per heavy atom. The minimum absolute atomic E-state index is 0.0652. The molecule has 10 heteroatoms. The third-order valence-electron chi connectivity index (χ3n) is 4.16. The molecule has 0 radical (unpaired) electrons. The number of likely N-dealkylation sites (N-methyl/N-ethyl adjacent to an activating group) is 1. The van der Waals surface area contributed by atoms with E-state index in [2.05, 4.69) is 20.6 Å². The van der Waals surface area contributed by atoms with Gasteiger partial charge in [-0.1, -0.05) is 0 Å². The van der Waals surface area contributed by atoms with Crippen LogP contribution in [0.2, 0.25) is 0 Å². The fraction of sp³-hybridized carbons (Fsp3) is 0.533. The van der Waals surface area contributed by atoms with Crippen molar-refractivity contribution in [2.24, 2.45) is 0 Å². The lowest BCUT2D eigenvalue weighted by molar-refractivity contribution is -0.384. The first kappa shape index (κ1) is 18.4. The van der Waals surface area contributed by atoms with Gasteiger partial charge in [0, 0.05) is 31.4 Å². The van der Waals surface area contributed by atoms with E-state index in [1.54, 1.807) is 18.9 Å². The molecule has 1 amide bonds. The molecule has 0 bridgehead atoms. The van der Waals surface area contributed by atoms with Crippen molar-refractivity contribution in [1.82, 2.24) is 24.9 Å². The number of nitrogens with zero attached hydrogens (tertiary/aromatic N) is 5. The second-order valence-corrected chi connectivity index (χ2v) is 5.87. The normalized spacial score (nSPS) is 10.8. The maximum Gasteiger partial charge on any atom is 0.333 e. The number of nitro groups is 1. The summed E-state index contributed by atoms with van der Waals surface area (Å²) in [5.74, 6) is -0.131. The van der Waals surface area contributed by atoms with Gasteiger partial charge in [-0.15, -0.1) is 0 Å². The van der Waals surface area contributed by atoms with Gasteiger partial charge < -0.3 is 10.2 Å². The lowest BCUT2D eigenvalue weighted by atomic mass is 10.2. The monoisotopic (exact) mass is 349 g/mol. The summed E-state index contributed by atoms with van der Waals surface area (Å²) in [6.07, 6.45) is 0. The van der Waals surface area contributed by atoms with Gasteiger partial charge in [-0.2, -0.15) is 10.2 Å². The van der Waals surface area contributed by atoms with Crippen molar-refractivity contribution >= 4 is 17.4 Å². The van der Waals surface area contributed by atoms with Crippen LogP contribution in [0.5, 0.6) is 0 Å². The van der Waals surface area contributed by atoms with Crippen molar-refractivity contribution in [3.05, 3.63) is 32.8 Å². The molecule has 2 aromatic rings. The van der Waals surface area contributed by atoms with Crippen LogP contribution in [0.3, 0.4) is 0 Å². The highest BCUT2D eigenvalue weighted by Gasteiger charge is 2.22. The van der Waals surface area contributed by atoms with Gasteiger partial charge in [0.15, 0.2) is 0 Å². The minimum Gasteiger partial charge on any atom is -0.354 e. The first-order chi connectivity index (χ1) is 11.8. The molecule has 0 saturated heterocycles. The zero-order chi connectivity index (χ0) is 18.7. The molecule has 0 aliphatic carbocycles. The lowest BCUT2D eigenvalue weighted by Crippen LogP contribution is -2.32. The minimum atomic E-state index is -0.527. The molecule has 0 unspecified atom stereocenters. The first-order valence-electron chi connectivity index (χ1n) is 7.96. The fourth-order valence-corrected chi connectivity index (χ4v) is 2.66. The Labute approximate surface area is 145 Å². The molecule has 0 fully saturated rings. The number of hydrogen-bond acceptors (Lipinski definition) is 6. The third-order valence-corrected chi connectivity index (χ3v) is 4.16. The lowest BCUT2D eigenvalue weighted by Gasteiger charge is -2.17. The largest absolute Gasteiger partial charge is 0.354 e. The van der Waals surface area contributed by atoms with E-state index in [9.17, 15) is 14.9 Å². The molecule has 0 atom stereocenters. The van der Waals surface area contributed by atoms with Crippen LogP contribution in [-0.2, 0) is 17.9 Å². The number of aromatic nitrogens is 4. The van der Waals surface area contributed by atoms with Gasteiger partial charge in [-0.25, -0.2) is 0 Å². The smallest absolute Gasteiger partial charge is 0.333 e. The van der Waals surface area contributed by atoms with Crippen LogP contribution in [0.25, 0.3) is 0 Å². The highest BCUT2D eigenvalue weighted by molar-refractivity contribution is 5.81. The van der Waals surface area contributed by atoms with E-state index in [4.69, 9.17) is 0 Å². The number of anilines is 1. The van der Waals surface area contributed by atoms with Crippen LogP contribution >= 0.6 is 0 Å². The summed E-state index contributed by atoms with van der Waals surface area (Å²) in [6.45, 7) is 8.59. The molecule has 2 heterocycles. The highest BCUT2D eigenvalue weighted by Crippen LogP contribution is 2.24. The van der Waals surface area contributed by atoms with Gasteiger partial charge >= 0.3 is 5.69 Å². The van der Waals surface area contributed by atoms with E-state index in [0.29, 0.717) is 12.2 Å². The Morgan fingerprint density at radius 2 is 2.08 bits per heavy atom. The van der Waals surface area contributed by atoms with Crippen LogP contribution in [-0.4, -0.2) is 49.3 Å². The van der Waals surface area contributed by atoms with Gasteiger partial charge in [0.05, 0.1) is 17.2 Å². The maximum absolute atomic E-state index is 12.3. The zero-order valence-electron chi connectivity index (χ0n) is 15.1. The number of carbonyl (C=O) groups is 1. The van der Waals surface area contributed by atoms with Gasteiger partial charge in [0.2, 0.25) is 11.7 Å². The van der Waals surface area contributed by atoms with Gasteiger partial charge in [0.1, 0.15) is 5.69 Å². The zero-order valence-corrected chi connectivity index (χ0v) is 15.1. The average molecular weight is 349 g/mol. The highest BCUT2D eigenvalue weighted by atomic mass is 16.6. The number of aromatic amines is 1. The summed E-state index contributed by atoms with van der Waals surface area (Å²) in [7, 11) is 1.69. The Morgan fingerprint density at radius 1 is 1.40 bits per heavy atom. The van der Waals surface area contributed by atoms with Crippen LogP contribution in [0, 0.1) is 30.9 Å². The summed E-state index contributed by atoms with van der Waals surface area (Å²) in [4.78, 5) is 24.4. The summed E-state index contributed by atoms with van der Waals surface area (Å²) in [6, 6.07) is 0. The van der Waals surface area contributed by atoms with Crippen molar-refractivity contribution in [1.29, 1.82) is 0 Å². The number of amides is 1. The molecular weight excluding hydrogens is 326 g/mol. The van der Waals surface area contributed by atoms with E-state index in [-0.39, 0.29) is 24.0 Å². The van der Waals surface area contributed by atoms with E-state index >= 15 is 0 Å². The molecule has 25 heavy (non-hydrogen) atoms. The molecule has 10 nitrogen and oxygen atoms in total. The van der Waals surface area contributed by atoms with Crippen LogP contribution in [0.4, 0.5) is 11.5 Å². The first-order valence-corrected chi connectivity index (χ1v) is 7.96. The molecule has 0 aliphatic heterocycles. The number of aryl methyl sites for hydroxylation is 3. The second-order valence-electron chi connectivity index (χ2n) is 5.87. The SMILES string of the molecule is CCn1nc(C)c(CN(C)C(=O)CNc2n[nH]c(C)c2[N+](=O)[O-])c1C. The van der Waals surface area contributed by atoms with E-state index < -0.39 is 4.92 Å². The van der Waals surface area contributed by atoms with Crippen LogP contribution in [0.15, 0.2) is 0 Å². The molecule has 0 spiro atoms. The number of H-pyrrole nitrogens is 1. The van der Waals surface area contributed by atoms with Gasteiger partial charge in [0.25, 0.3) is 0 Å². The van der Waals surface area contributed by atoms with Crippen molar-refractivity contribution < 1.29 is 9.72 Å². The number of rotatable bonds is 7. The standard InChI is InChI=1S/C15H23N7O3/c1-6-21-11(4)12(9(2)19-21)8-20(5)13(23)7-16-15-14(22(24)25)10(3)17-18-15/h6-8H2,1-5H3,(H2,16,17,18). The molecule has 136 valence electrons. The molecule has 2 rings (SSSR count). The number of hydrogen-bond donors (Lipinski definition) is 2. The van der Waals surface area contributed by atoms with Crippen molar-refractivity contribution in [3.63, 3.8) is 0 Å². The van der Waals surface area contributed by atoms with Crippen molar-refractivity contribution in [3.8, 4) is 0 Å². The molecular formula is C15H23N7O3. The Hall–Kier alpha value is -2.91. The van der Waals surface area contributed by atoms with Gasteiger partial charge in [-0.3, -0.25) is 24.7 Å². The summed E-state index contributed by atoms with van der Waals surface area (Å²) < 4.78 is 1.90. The predicted molar refractivity (Wildman–Crippen MR) is 92.3 cm³/mol. The summed E-state index contributed by atoms with van der Waals surface area (Å²) >= 11 is 0. The summed E-state index contributed by atoms with van der Waals surface area (Å²) in [5, 5.41) is 24.6. The van der Waals surface area contributed by atoms with Crippen molar-refractivity contribution in [2.45, 2.75) is 40.8 Å². The van der Waals surface area contributed by atoms with Crippen LogP contribution in [0.1, 0.15) is 29.6 Å². The quantitative estimate of drug-likeness (QED) is 0.577. The molecule has 2 N–H and O–H groups in total. The Bertz CT molecular complexity index is 793. The van der Waals surface area contributed by atoms with E-state index in [0.717, 1.165) is 23.5 Å². The van der Waals surface area contributed by atoms with Gasteiger partial charge in [-0.05, 0) is 27.7 Å². The predicted octanol–water partition coefficient (Wildman–Crippen LogP) is 1.53. The number of nitrogens with one attached hydrogen (secondary N) is 2. The number of carbonyl (C=O) groups excluding carboxylic acids is 1. The third kappa shape index (κ3) is 3.78. The fourth-order valence-electron chi connectivity index (χ4n) is 2.66. The van der Waals surface area contributed by atoms with E-state index in [1.807, 2.05) is 25.5 Å². The molecule has 0 saturated carbocycles. The molecule has 2 aromatic heterocycles. The summed E-state index contributed by atoms with van der Waals surface area (Å²) in [5.41, 5.74) is 3.13. The van der Waals surface area contributed by atoms with E-state index in [1.165, 1.54) is 0 Å². The average Bonchev–Trinajstić information content (AvgIpc) is 3.06. The molecule has 0 aromatic carbocycles. The Kier molecular flexibility index (Phi) is 5.40. The van der Waals surface area contributed by atoms with Crippen LogP contribution < -0.4 is 5.32 Å². The molecule has 0 aliphatic rings. The van der Waals surface area contributed by atoms with Crippen molar-refractivity contribution in [2.75, 3.05) is 18.9 Å². The Balaban J connectivity index is 2.02.